The molecule has 0 radical (unpaired) electrons. The zero-order valence-electron chi connectivity index (χ0n) is 15.3. The quantitative estimate of drug-likeness (QED) is 0.651. The maximum Gasteiger partial charge on any atom is 0.354 e. The lowest BCUT2D eigenvalue weighted by Gasteiger charge is -2.21. The Kier molecular flexibility index (Phi) is 4.43. The van der Waals surface area contributed by atoms with Gasteiger partial charge in [-0.05, 0) is 24.6 Å². The highest BCUT2D eigenvalue weighted by molar-refractivity contribution is 6.39. The molecule has 2 aliphatic heterocycles. The van der Waals surface area contributed by atoms with Gasteiger partial charge < -0.3 is 4.74 Å². The van der Waals surface area contributed by atoms with Gasteiger partial charge in [-0.25, -0.2) is 9.69 Å². The highest BCUT2D eigenvalue weighted by Crippen LogP contribution is 2.34. The van der Waals surface area contributed by atoms with Crippen LogP contribution < -0.4 is 10.3 Å². The summed E-state index contributed by atoms with van der Waals surface area (Å²) < 4.78 is 5.28. The van der Waals surface area contributed by atoms with Crippen LogP contribution in [0.4, 0.5) is 5.69 Å². The maximum atomic E-state index is 13.0. The Bertz CT molecular complexity index is 969. The normalized spacial score (nSPS) is 21.0. The molecule has 1 fully saturated rings. The lowest BCUT2D eigenvalue weighted by molar-refractivity contribution is -0.136. The van der Waals surface area contributed by atoms with Gasteiger partial charge in [-0.2, -0.15) is 5.10 Å². The van der Waals surface area contributed by atoms with Crippen LogP contribution in [0, 0.1) is 6.92 Å². The second kappa shape index (κ2) is 6.92. The van der Waals surface area contributed by atoms with Crippen LogP contribution in [0.1, 0.15) is 24.0 Å². The van der Waals surface area contributed by atoms with Crippen molar-refractivity contribution in [3.8, 4) is 0 Å². The largest absolute Gasteiger partial charge is 0.456 e. The Morgan fingerprint density at radius 2 is 1.82 bits per heavy atom. The van der Waals surface area contributed by atoms with Crippen molar-refractivity contribution >= 4 is 29.2 Å². The molecule has 142 valence electrons. The molecule has 2 heterocycles. The minimum atomic E-state index is -1.22. The molecule has 4 rings (SSSR count). The van der Waals surface area contributed by atoms with Crippen LogP contribution in [0.3, 0.4) is 0 Å². The molecule has 1 N–H and O–H groups in total. The van der Waals surface area contributed by atoms with Crippen molar-refractivity contribution in [3.63, 3.8) is 0 Å². The fourth-order valence-corrected chi connectivity index (χ4v) is 3.38. The Morgan fingerprint density at radius 3 is 2.54 bits per heavy atom. The fraction of sp³-hybridized carbons (Fsp3) is 0.238. The zero-order chi connectivity index (χ0) is 19.7. The van der Waals surface area contributed by atoms with Crippen molar-refractivity contribution in [1.82, 2.24) is 5.43 Å². The van der Waals surface area contributed by atoms with E-state index in [1.807, 2.05) is 49.4 Å². The predicted molar refractivity (Wildman–Crippen MR) is 102 cm³/mol. The first kappa shape index (κ1) is 17.9. The van der Waals surface area contributed by atoms with Crippen LogP contribution >= 0.6 is 0 Å². The Labute approximate surface area is 162 Å². The van der Waals surface area contributed by atoms with E-state index in [0.717, 1.165) is 16.0 Å². The molecule has 2 amide bonds. The number of esters is 1. The van der Waals surface area contributed by atoms with Gasteiger partial charge in [0.2, 0.25) is 5.91 Å². The average Bonchev–Trinajstić information content (AvgIpc) is 3.23. The van der Waals surface area contributed by atoms with Gasteiger partial charge in [0.05, 0.1) is 12.1 Å². The van der Waals surface area contributed by atoms with E-state index in [-0.39, 0.29) is 31.1 Å². The third-order valence-corrected chi connectivity index (χ3v) is 4.93. The van der Waals surface area contributed by atoms with E-state index in [9.17, 15) is 14.4 Å². The molecule has 0 unspecified atom stereocenters. The summed E-state index contributed by atoms with van der Waals surface area (Å²) in [6.45, 7) is 2.05. The summed E-state index contributed by atoms with van der Waals surface area (Å²) in [5, 5.41) is 4.00. The van der Waals surface area contributed by atoms with Crippen LogP contribution in [-0.2, 0) is 25.7 Å². The summed E-state index contributed by atoms with van der Waals surface area (Å²) in [5.74, 6) is -1.33. The van der Waals surface area contributed by atoms with Crippen LogP contribution in [0.2, 0.25) is 0 Å². The number of carbonyl (C=O) groups excluding carboxylic acids is 3. The number of hydrogen-bond donors (Lipinski definition) is 1. The van der Waals surface area contributed by atoms with Crippen molar-refractivity contribution in [2.45, 2.75) is 31.9 Å². The average molecular weight is 377 g/mol. The van der Waals surface area contributed by atoms with Gasteiger partial charge in [0.1, 0.15) is 17.9 Å². The van der Waals surface area contributed by atoms with Gasteiger partial charge in [0, 0.05) is 6.42 Å². The number of carbonyl (C=O) groups is 3. The smallest absolute Gasteiger partial charge is 0.354 e. The topological polar surface area (TPSA) is 88.1 Å². The van der Waals surface area contributed by atoms with Gasteiger partial charge >= 0.3 is 5.97 Å². The molecule has 2 aromatic rings. The summed E-state index contributed by atoms with van der Waals surface area (Å²) in [7, 11) is 0. The van der Waals surface area contributed by atoms with Crippen molar-refractivity contribution < 1.29 is 19.1 Å². The van der Waals surface area contributed by atoms with E-state index in [1.54, 1.807) is 12.1 Å². The van der Waals surface area contributed by atoms with Gasteiger partial charge in [-0.15, -0.1) is 0 Å². The number of rotatable bonds is 4. The van der Waals surface area contributed by atoms with E-state index in [0.29, 0.717) is 5.69 Å². The summed E-state index contributed by atoms with van der Waals surface area (Å²) in [6, 6.07) is 16.4. The first-order valence-electron chi connectivity index (χ1n) is 8.97. The van der Waals surface area contributed by atoms with Crippen molar-refractivity contribution in [2.75, 3.05) is 4.90 Å². The van der Waals surface area contributed by atoms with E-state index in [1.165, 1.54) is 0 Å². The van der Waals surface area contributed by atoms with Crippen LogP contribution in [0.15, 0.2) is 59.7 Å². The molecule has 2 aromatic carbocycles. The maximum absolute atomic E-state index is 13.0. The number of nitrogens with one attached hydrogen (secondary N) is 1. The SMILES string of the molecule is Cc1ccc(N2C(=O)C[C@@]3(CC(C(=O)OCc4ccccc4)=NN3)C2=O)cc1. The molecule has 0 bridgehead atoms. The number of nitrogens with zero attached hydrogens (tertiary/aromatic N) is 2. The van der Waals surface area contributed by atoms with Gasteiger partial charge in [-0.3, -0.25) is 15.0 Å². The van der Waals surface area contributed by atoms with Crippen LogP contribution in [-0.4, -0.2) is 29.0 Å². The molecule has 1 spiro atoms. The third kappa shape index (κ3) is 3.15. The molecular formula is C21H19N3O4. The predicted octanol–water partition coefficient (Wildman–Crippen LogP) is 2.09. The van der Waals surface area contributed by atoms with E-state index < -0.39 is 17.4 Å². The van der Waals surface area contributed by atoms with Crippen LogP contribution in [0.5, 0.6) is 0 Å². The minimum absolute atomic E-state index is 0.0214. The zero-order valence-corrected chi connectivity index (χ0v) is 15.3. The minimum Gasteiger partial charge on any atom is -0.456 e. The van der Waals surface area contributed by atoms with E-state index in [2.05, 4.69) is 10.5 Å². The molecule has 2 aliphatic rings. The molecule has 0 aliphatic carbocycles. The monoisotopic (exact) mass is 377 g/mol. The van der Waals surface area contributed by atoms with Gasteiger partial charge in [0.15, 0.2) is 0 Å². The summed E-state index contributed by atoms with van der Waals surface area (Å²) in [5.41, 5.74) is 4.02. The molecule has 1 saturated heterocycles. The molecule has 0 aromatic heterocycles. The number of hydrogen-bond acceptors (Lipinski definition) is 6. The number of hydrazone groups is 1. The van der Waals surface area contributed by atoms with Crippen LogP contribution in [0.25, 0.3) is 0 Å². The summed E-state index contributed by atoms with van der Waals surface area (Å²) in [6.07, 6.45) is -0.0355. The second-order valence-electron chi connectivity index (χ2n) is 7.04. The van der Waals surface area contributed by atoms with Crippen molar-refractivity contribution in [2.24, 2.45) is 5.10 Å². The molecule has 28 heavy (non-hydrogen) atoms. The number of benzene rings is 2. The van der Waals surface area contributed by atoms with Crippen molar-refractivity contribution in [3.05, 3.63) is 65.7 Å². The summed E-state index contributed by atoms with van der Waals surface area (Å²) in [4.78, 5) is 39.0. The molecule has 1 atom stereocenters. The van der Waals surface area contributed by atoms with E-state index >= 15 is 0 Å². The van der Waals surface area contributed by atoms with Crippen molar-refractivity contribution in [1.29, 1.82) is 0 Å². The number of aryl methyl sites for hydroxylation is 1. The Balaban J connectivity index is 1.44. The molecule has 7 nitrogen and oxygen atoms in total. The number of imide groups is 1. The second-order valence-corrected chi connectivity index (χ2v) is 7.04. The number of amides is 2. The van der Waals surface area contributed by atoms with Gasteiger partial charge in [-0.1, -0.05) is 48.0 Å². The third-order valence-electron chi connectivity index (χ3n) is 4.93. The fourth-order valence-electron chi connectivity index (χ4n) is 3.38. The number of ether oxygens (including phenoxy) is 1. The standard InChI is InChI=1S/C21H19N3O4/c1-14-7-9-16(10-8-14)24-18(25)12-21(20(24)27)11-17(22-23-21)19(26)28-13-15-5-3-2-4-6-15/h2-10,23H,11-13H2,1H3/t21-/m0/s1. The first-order valence-corrected chi connectivity index (χ1v) is 8.97. The van der Waals surface area contributed by atoms with Gasteiger partial charge in [0.25, 0.3) is 5.91 Å². The lowest BCUT2D eigenvalue weighted by Crippen LogP contribution is -2.47. The molecule has 7 heteroatoms. The van der Waals surface area contributed by atoms with E-state index in [4.69, 9.17) is 4.74 Å². The molecular weight excluding hydrogens is 358 g/mol. The molecule has 0 saturated carbocycles. The Morgan fingerprint density at radius 1 is 1.11 bits per heavy atom. The summed E-state index contributed by atoms with van der Waals surface area (Å²) >= 11 is 0. The first-order chi connectivity index (χ1) is 13.5. The lowest BCUT2D eigenvalue weighted by atomic mass is 9.93. The highest BCUT2D eigenvalue weighted by Gasteiger charge is 2.56. The number of anilines is 1. The highest BCUT2D eigenvalue weighted by atomic mass is 16.5. The Hall–Kier alpha value is -3.48.